The summed E-state index contributed by atoms with van der Waals surface area (Å²) in [5.41, 5.74) is 45.8. The van der Waals surface area contributed by atoms with Gasteiger partial charge in [0.05, 0.1) is 112 Å². The minimum atomic E-state index is -4.62. The lowest BCUT2D eigenvalue weighted by Crippen LogP contribution is -2.55. The molecule has 26 N–H and O–H groups in total. The highest BCUT2D eigenvalue weighted by Gasteiger charge is 2.40. The third-order valence-corrected chi connectivity index (χ3v) is 35.8. The highest BCUT2D eigenvalue weighted by atomic mass is 32.2. The number of primary amides is 1. The lowest BCUT2D eigenvalue weighted by molar-refractivity contribution is -0.137. The summed E-state index contributed by atoms with van der Waals surface area (Å²) < 4.78 is 230. The van der Waals surface area contributed by atoms with Crippen molar-refractivity contribution in [2.75, 3.05) is 204 Å². The summed E-state index contributed by atoms with van der Waals surface area (Å²) in [6.45, 7) is 3.97. The Kier molecular flexibility index (Phi) is 63.0. The van der Waals surface area contributed by atoms with E-state index in [1.54, 1.807) is 69.2 Å². The quantitative estimate of drug-likeness (QED) is 0.0252. The van der Waals surface area contributed by atoms with Crippen molar-refractivity contribution in [2.24, 2.45) is 75.5 Å². The summed E-state index contributed by atoms with van der Waals surface area (Å²) in [6.07, 6.45) is 1.20. The van der Waals surface area contributed by atoms with Gasteiger partial charge in [-0.25, -0.2) is 67.3 Å². The molecule has 0 radical (unpaired) electrons. The Bertz CT molecular complexity index is 4810. The molecule has 0 rings (SSSR count). The van der Waals surface area contributed by atoms with Gasteiger partial charge in [-0.1, -0.05) is 88.5 Å². The molecule has 0 spiro atoms. The minimum absolute atomic E-state index is 0.0127. The zero-order chi connectivity index (χ0) is 108. The number of carbonyl (C=O) groups excluding carboxylic acids is 9. The summed E-state index contributed by atoms with van der Waals surface area (Å²) in [5.74, 6) is -16.9. The molecule has 822 valence electrons. The molecule has 0 aromatic heterocycles. The summed E-state index contributed by atoms with van der Waals surface area (Å²) in [6, 6.07) is -9.74. The summed E-state index contributed by atoms with van der Waals surface area (Å²) in [4.78, 5) is 136. The Morgan fingerprint density at radius 3 is 0.764 bits per heavy atom. The van der Waals surface area contributed by atoms with E-state index >= 15 is 0 Å². The molecule has 8 atom stereocenters. The molecule has 0 aliphatic rings. The van der Waals surface area contributed by atoms with Crippen molar-refractivity contribution in [3.05, 3.63) is 0 Å². The molecule has 0 saturated carbocycles. The summed E-state index contributed by atoms with van der Waals surface area (Å²) in [7, 11) is -35.6. The van der Waals surface area contributed by atoms with E-state index in [0.717, 1.165) is 30.4 Å². The molecule has 52 nitrogen and oxygen atoms in total. The Morgan fingerprint density at radius 2 is 0.521 bits per heavy atom. The number of carbonyl (C=O) groups is 10. The molecule has 0 aromatic rings. The van der Waals surface area contributed by atoms with Crippen LogP contribution in [0.3, 0.4) is 0 Å². The number of rotatable bonds is 82. The first-order chi connectivity index (χ1) is 64.7. The van der Waals surface area contributed by atoms with E-state index in [9.17, 15) is 126 Å². The monoisotopic (exact) mass is 2170 g/mol. The van der Waals surface area contributed by atoms with Crippen LogP contribution in [0.2, 0.25) is 0 Å². The second kappa shape index (κ2) is 66.0. The van der Waals surface area contributed by atoms with Crippen LogP contribution in [0.4, 0.5) is 0 Å². The van der Waals surface area contributed by atoms with E-state index in [-0.39, 0.29) is 83.0 Å². The highest BCUT2D eigenvalue weighted by Crippen LogP contribution is 2.21. The maximum Gasteiger partial charge on any atom is 0.303 e. The van der Waals surface area contributed by atoms with Crippen molar-refractivity contribution in [2.45, 2.75) is 215 Å². The average Bonchev–Trinajstić information content (AvgIpc) is 0.833. The maximum atomic E-state index is 14.6. The second-order valence-electron chi connectivity index (χ2n) is 37.2. The van der Waals surface area contributed by atoms with E-state index in [2.05, 4.69) is 42.5 Å². The van der Waals surface area contributed by atoms with Crippen LogP contribution in [0, 0.1) is 29.6 Å². The van der Waals surface area contributed by atoms with Crippen LogP contribution in [0.1, 0.15) is 167 Å². The third-order valence-electron chi connectivity index (χ3n) is 20.8. The molecule has 0 saturated heterocycles. The van der Waals surface area contributed by atoms with E-state index in [1.165, 1.54) is 6.92 Å². The molecule has 60 heteroatoms. The number of amides is 9. The van der Waals surface area contributed by atoms with Crippen LogP contribution in [-0.2, 0) is 128 Å². The molecule has 140 heavy (non-hydrogen) atoms. The smallest absolute Gasteiger partial charge is 0.303 e. The lowest BCUT2D eigenvalue weighted by Gasteiger charge is -2.32. The second-order valence-corrected chi connectivity index (χ2v) is 53.6. The Morgan fingerprint density at radius 1 is 0.286 bits per heavy atom. The number of sulfonamides is 8. The van der Waals surface area contributed by atoms with E-state index in [0.29, 0.717) is 42.9 Å². The molecule has 0 aromatic carbocycles. The number of nitrogens with zero attached hydrogens (tertiary/aromatic N) is 8. The van der Waals surface area contributed by atoms with E-state index in [1.807, 2.05) is 0 Å². The number of nitrogens with one attached hydrogen (secondary N) is 8. The zero-order valence-electron chi connectivity index (χ0n) is 83.6. The number of hydrogen-bond acceptors (Lipinski definition) is 34. The Hall–Kier alpha value is -6.34. The summed E-state index contributed by atoms with van der Waals surface area (Å²) in [5, 5.41) is 40.7. The molecular formula is C80H166N24O28S8. The van der Waals surface area contributed by atoms with Gasteiger partial charge in [-0.05, 0) is 114 Å². The van der Waals surface area contributed by atoms with Crippen LogP contribution in [0.5, 0.6) is 0 Å². The van der Waals surface area contributed by atoms with Gasteiger partial charge in [0.25, 0.3) is 0 Å². The number of aliphatic hydroxyl groups is 1. The van der Waals surface area contributed by atoms with Gasteiger partial charge in [-0.15, -0.1) is 0 Å². The number of carboxylic acid groups (broad SMARTS) is 1. The first-order valence-electron chi connectivity index (χ1n) is 46.9. The third kappa shape index (κ3) is 57.0. The van der Waals surface area contributed by atoms with Crippen molar-refractivity contribution in [1.82, 2.24) is 77.0 Å². The largest absolute Gasteiger partial charge is 0.481 e. The van der Waals surface area contributed by atoms with Crippen LogP contribution in [0.25, 0.3) is 0 Å². The Labute approximate surface area is 830 Å². The van der Waals surface area contributed by atoms with E-state index < -0.39 is 389 Å². The number of aliphatic hydroxyl groups excluding tert-OH is 1. The fourth-order valence-electron chi connectivity index (χ4n) is 14.9. The number of aliphatic carboxylic acids is 1. The maximum absolute atomic E-state index is 14.6. The van der Waals surface area contributed by atoms with Crippen LogP contribution in [-0.4, -0.2) is 423 Å². The van der Waals surface area contributed by atoms with Gasteiger partial charge in [-0.2, -0.15) is 34.4 Å². The molecule has 0 heterocycles. The molecule has 0 fully saturated rings. The highest BCUT2D eigenvalue weighted by molar-refractivity contribution is 7.91. The number of unbranched alkanes of at least 4 members (excludes halogenated alkanes) is 3. The molecule has 0 aliphatic carbocycles. The molecule has 0 aliphatic heterocycles. The average molecular weight is 2170 g/mol. The molecule has 0 unspecified atom stereocenters. The topological polar surface area (TPSA) is 815 Å². The van der Waals surface area contributed by atoms with Gasteiger partial charge >= 0.3 is 5.97 Å². The van der Waals surface area contributed by atoms with Gasteiger partial charge in [0, 0.05) is 134 Å². The van der Waals surface area contributed by atoms with Crippen LogP contribution in [0.15, 0.2) is 0 Å². The van der Waals surface area contributed by atoms with Gasteiger partial charge in [0.15, 0.2) is 0 Å². The van der Waals surface area contributed by atoms with Crippen molar-refractivity contribution in [3.8, 4) is 0 Å². The van der Waals surface area contributed by atoms with Crippen LogP contribution < -0.4 is 88.4 Å². The normalized spacial score (nSPS) is 14.7. The number of hydrogen-bond donors (Lipinski definition) is 18. The minimum Gasteiger partial charge on any atom is -0.481 e. The number of nitrogens with two attached hydrogens (primary N) is 8. The summed E-state index contributed by atoms with van der Waals surface area (Å²) >= 11 is 0. The molecule has 0 bridgehead atoms. The van der Waals surface area contributed by atoms with Crippen LogP contribution >= 0.6 is 0 Å². The van der Waals surface area contributed by atoms with Gasteiger partial charge in [-0.3, -0.25) is 47.9 Å². The lowest BCUT2D eigenvalue weighted by atomic mass is 10.0. The van der Waals surface area contributed by atoms with Crippen molar-refractivity contribution < 1.29 is 126 Å². The van der Waals surface area contributed by atoms with Crippen molar-refractivity contribution >= 4 is 139 Å². The standard InChI is InChI=1S/C80H166N24O28S8/c1-58(2)36-69(43-102(137(125,126)35-31-87)51-77(112)94-68(23-24-80(115)116)42-103(139(129,130)56-61(7)8)53-78(113)92-66(21-15-18-26-82)40-99(46-72(88)107)134(119,120)32-28-84)95-74(109)47-97(133(13,117)118)39-65(20-14-17-25-81)91-76(111)50-101(136(123,124)34-30-86)44-70(37-59(3)4)96-79(114)52-100(135(121,122)33-29-85)41-67(22-16-19-27-83)93-75(110)49-98(138(127,128)55-60(5)6)38-63(11)89-73(108)48-104(140(131,132)57-62(9)10)45-71(54-105)90-64(12)106/h58-63,65-71,105H,14-57,81-87H2,1-13H3,(H2,88,107)(H,89,108)(H,90,106)(H,91,111)(H,92,113)(H,93,110)(H,94,112)(H,95,109)(H,96,114)(H,115,116)/t63-,65-,66-,67-,68-,69-,70-,71+/m1/s1. The van der Waals surface area contributed by atoms with Crippen molar-refractivity contribution in [1.29, 1.82) is 0 Å². The zero-order valence-corrected chi connectivity index (χ0v) is 90.1. The van der Waals surface area contributed by atoms with Gasteiger partial charge < -0.3 is 98.6 Å². The fourth-order valence-corrected chi connectivity index (χ4v) is 26.2. The van der Waals surface area contributed by atoms with E-state index in [4.69, 9.17) is 45.9 Å². The molecule has 9 amide bonds. The Balaban J connectivity index is 7.65. The predicted molar refractivity (Wildman–Crippen MR) is 532 cm³/mol. The number of carboxylic acids is 1. The first kappa shape index (κ1) is 134. The predicted octanol–water partition coefficient (Wildman–Crippen LogP) is -8.79. The SMILES string of the molecule is CC(=O)N[C@H](CO)CN(CC(=O)N[C@H](C)CN(CC(=O)N[C@H](CCCCN)CN(CC(=O)N[C@H](CC(C)C)CN(CC(=O)N[C@H](CCCCN)CN(CC(=O)N[C@H](CC(C)C)CN(CC(=O)N[C@H](CCC(=O)O)CN(CC(=O)N[C@H](CCCCN)CN(CC(N)=O)S(=O)(=O)CCN)S(=O)(=O)CC(C)C)S(=O)(=O)CCN)S(C)(=O)=O)S(=O)(=O)CCN)S(=O)(=O)CCN)S(=O)(=O)CC(C)C)S(=O)(=O)CC(C)C. The first-order valence-corrected chi connectivity index (χ1v) is 60.0. The fraction of sp³-hybridized carbons (Fsp3) is 0.875. The molecular weight excluding hydrogens is 2000 g/mol. The van der Waals surface area contributed by atoms with Gasteiger partial charge in [0.1, 0.15) is 0 Å². The van der Waals surface area contributed by atoms with Gasteiger partial charge in [0.2, 0.25) is 133 Å². The van der Waals surface area contributed by atoms with Crippen molar-refractivity contribution in [3.63, 3.8) is 0 Å².